The average molecular weight is 496 g/mol. The van der Waals surface area contributed by atoms with Crippen molar-refractivity contribution in [3.05, 3.63) is 89.3 Å². The van der Waals surface area contributed by atoms with Crippen molar-refractivity contribution in [2.45, 2.75) is 13.8 Å². The average Bonchev–Trinajstić information content (AvgIpc) is 3.55. The minimum Gasteiger partial charge on any atom is -0.416 e. The number of carbonyl (C=O) groups is 2. The Kier molecular flexibility index (Phi) is 6.38. The van der Waals surface area contributed by atoms with Gasteiger partial charge < -0.3 is 9.73 Å². The second kappa shape index (κ2) is 9.93. The van der Waals surface area contributed by atoms with E-state index in [9.17, 15) is 9.59 Å². The van der Waals surface area contributed by atoms with Crippen molar-refractivity contribution in [3.8, 4) is 34.2 Å². The first-order valence-electron chi connectivity index (χ1n) is 11.1. The fourth-order valence-electron chi connectivity index (χ4n) is 3.56. The summed E-state index contributed by atoms with van der Waals surface area (Å²) in [6.07, 6.45) is 0. The first-order valence-corrected chi connectivity index (χ1v) is 12.0. The second-order valence-corrected chi connectivity index (χ2v) is 8.97. The molecule has 5 rings (SSSR count). The van der Waals surface area contributed by atoms with Gasteiger partial charge in [0.15, 0.2) is 5.13 Å². The van der Waals surface area contributed by atoms with Gasteiger partial charge in [-0.15, -0.1) is 21.5 Å². The number of aryl methyl sites for hydroxylation is 1. The van der Waals surface area contributed by atoms with E-state index in [2.05, 4.69) is 25.8 Å². The number of thiazole rings is 1. The van der Waals surface area contributed by atoms with E-state index in [1.54, 1.807) is 24.3 Å². The molecule has 0 aliphatic heterocycles. The van der Waals surface area contributed by atoms with Crippen LogP contribution in [0, 0.1) is 6.92 Å². The third-order valence-electron chi connectivity index (χ3n) is 5.31. The van der Waals surface area contributed by atoms with Gasteiger partial charge in [-0.05, 0) is 55.5 Å². The smallest absolute Gasteiger partial charge is 0.257 e. The summed E-state index contributed by atoms with van der Waals surface area (Å²) in [4.78, 5) is 28.4. The van der Waals surface area contributed by atoms with Gasteiger partial charge in [-0.2, -0.15) is 0 Å². The van der Waals surface area contributed by atoms with E-state index in [0.717, 1.165) is 27.9 Å². The van der Waals surface area contributed by atoms with Crippen LogP contribution in [0.4, 0.5) is 10.8 Å². The highest BCUT2D eigenvalue weighted by atomic mass is 32.1. The highest BCUT2D eigenvalue weighted by molar-refractivity contribution is 7.14. The predicted molar refractivity (Wildman–Crippen MR) is 140 cm³/mol. The standard InChI is InChI=1S/C27H21N5O3S/c1-16-4-3-5-21(14-16)26-32-31-25(35-26)20-8-6-19(7-9-20)24(34)30-27-29-23(15-36-27)18-10-12-22(13-11-18)28-17(2)33/h3-15H,1-2H3,(H,28,33)(H,29,30,34). The lowest BCUT2D eigenvalue weighted by Gasteiger charge is -2.03. The summed E-state index contributed by atoms with van der Waals surface area (Å²) in [5.41, 5.74) is 5.50. The lowest BCUT2D eigenvalue weighted by Crippen LogP contribution is -2.11. The SMILES string of the molecule is CC(=O)Nc1ccc(-c2csc(NC(=O)c3ccc(-c4nnc(-c5cccc(C)c5)o4)cc3)n2)cc1. The van der Waals surface area contributed by atoms with Crippen LogP contribution < -0.4 is 10.6 Å². The zero-order chi connectivity index (χ0) is 25.1. The van der Waals surface area contributed by atoms with Crippen LogP contribution in [-0.2, 0) is 4.79 Å². The molecule has 0 unspecified atom stereocenters. The zero-order valence-electron chi connectivity index (χ0n) is 19.5. The summed E-state index contributed by atoms with van der Waals surface area (Å²) in [5, 5.41) is 16.2. The molecular weight excluding hydrogens is 474 g/mol. The van der Waals surface area contributed by atoms with Gasteiger partial charge in [0.25, 0.3) is 5.91 Å². The maximum atomic E-state index is 12.7. The molecule has 0 fully saturated rings. The Bertz CT molecular complexity index is 1540. The summed E-state index contributed by atoms with van der Waals surface area (Å²) in [7, 11) is 0. The van der Waals surface area contributed by atoms with E-state index in [1.807, 2.05) is 60.8 Å². The van der Waals surface area contributed by atoms with Crippen molar-refractivity contribution in [2.75, 3.05) is 10.6 Å². The Morgan fingerprint density at radius 3 is 2.22 bits per heavy atom. The van der Waals surface area contributed by atoms with E-state index in [-0.39, 0.29) is 11.8 Å². The Balaban J connectivity index is 1.25. The minimum atomic E-state index is -0.269. The Labute approximate surface area is 211 Å². The third-order valence-corrected chi connectivity index (χ3v) is 6.07. The molecule has 0 radical (unpaired) electrons. The van der Waals surface area contributed by atoms with E-state index < -0.39 is 0 Å². The molecule has 0 atom stereocenters. The number of amides is 2. The largest absolute Gasteiger partial charge is 0.416 e. The van der Waals surface area contributed by atoms with Crippen LogP contribution in [0.5, 0.6) is 0 Å². The number of rotatable bonds is 6. The van der Waals surface area contributed by atoms with Crippen molar-refractivity contribution >= 4 is 34.0 Å². The maximum Gasteiger partial charge on any atom is 0.257 e. The minimum absolute atomic E-state index is 0.126. The molecule has 0 bridgehead atoms. The van der Waals surface area contributed by atoms with Crippen LogP contribution in [0.15, 0.2) is 82.6 Å². The molecule has 178 valence electrons. The van der Waals surface area contributed by atoms with E-state index in [0.29, 0.717) is 28.2 Å². The number of carbonyl (C=O) groups excluding carboxylic acids is 2. The van der Waals surface area contributed by atoms with Crippen molar-refractivity contribution in [2.24, 2.45) is 0 Å². The Hall–Kier alpha value is -4.63. The summed E-state index contributed by atoms with van der Waals surface area (Å²) in [5.74, 6) is 0.431. The lowest BCUT2D eigenvalue weighted by atomic mass is 10.1. The van der Waals surface area contributed by atoms with Crippen LogP contribution in [0.3, 0.4) is 0 Å². The fraction of sp³-hybridized carbons (Fsp3) is 0.0741. The first-order chi connectivity index (χ1) is 17.4. The van der Waals surface area contributed by atoms with E-state index >= 15 is 0 Å². The van der Waals surface area contributed by atoms with Gasteiger partial charge in [-0.1, -0.05) is 29.8 Å². The van der Waals surface area contributed by atoms with Crippen molar-refractivity contribution in [3.63, 3.8) is 0 Å². The maximum absolute atomic E-state index is 12.7. The highest BCUT2D eigenvalue weighted by Crippen LogP contribution is 2.27. The monoisotopic (exact) mass is 495 g/mol. The highest BCUT2D eigenvalue weighted by Gasteiger charge is 2.14. The summed E-state index contributed by atoms with van der Waals surface area (Å²) >= 11 is 1.34. The van der Waals surface area contributed by atoms with Crippen molar-refractivity contribution < 1.29 is 14.0 Å². The lowest BCUT2D eigenvalue weighted by molar-refractivity contribution is -0.114. The molecule has 3 aromatic carbocycles. The number of hydrogen-bond donors (Lipinski definition) is 2. The number of nitrogens with one attached hydrogen (secondary N) is 2. The summed E-state index contributed by atoms with van der Waals surface area (Å²) in [6.45, 7) is 3.47. The van der Waals surface area contributed by atoms with E-state index in [1.165, 1.54) is 18.3 Å². The van der Waals surface area contributed by atoms with Crippen molar-refractivity contribution in [1.82, 2.24) is 15.2 Å². The number of anilines is 2. The third kappa shape index (κ3) is 5.21. The van der Waals surface area contributed by atoms with Crippen LogP contribution in [0.25, 0.3) is 34.2 Å². The van der Waals surface area contributed by atoms with Crippen LogP contribution >= 0.6 is 11.3 Å². The topological polar surface area (TPSA) is 110 Å². The molecule has 5 aromatic rings. The number of aromatic nitrogens is 3. The Morgan fingerprint density at radius 2 is 1.53 bits per heavy atom. The molecular formula is C27H21N5O3S. The van der Waals surface area contributed by atoms with Gasteiger partial charge in [0.1, 0.15) is 0 Å². The predicted octanol–water partition coefficient (Wildman–Crippen LogP) is 6.05. The normalized spacial score (nSPS) is 10.7. The van der Waals surface area contributed by atoms with Crippen LogP contribution in [0.2, 0.25) is 0 Å². The second-order valence-electron chi connectivity index (χ2n) is 8.11. The number of hydrogen-bond acceptors (Lipinski definition) is 7. The van der Waals surface area contributed by atoms with Crippen molar-refractivity contribution in [1.29, 1.82) is 0 Å². The van der Waals surface area contributed by atoms with E-state index in [4.69, 9.17) is 4.42 Å². The quantitative estimate of drug-likeness (QED) is 0.297. The number of benzene rings is 3. The first kappa shape index (κ1) is 23.1. The molecule has 2 heterocycles. The van der Waals surface area contributed by atoms with Gasteiger partial charge in [0, 0.05) is 40.2 Å². The van der Waals surface area contributed by atoms with Gasteiger partial charge >= 0.3 is 0 Å². The molecule has 0 saturated carbocycles. The molecule has 0 aliphatic rings. The van der Waals surface area contributed by atoms with Crippen LogP contribution in [0.1, 0.15) is 22.8 Å². The van der Waals surface area contributed by atoms with Gasteiger partial charge in [-0.3, -0.25) is 14.9 Å². The fourth-order valence-corrected chi connectivity index (χ4v) is 4.27. The molecule has 9 heteroatoms. The van der Waals surface area contributed by atoms with Gasteiger partial charge in [-0.25, -0.2) is 4.98 Å². The molecule has 0 saturated heterocycles. The molecule has 8 nitrogen and oxygen atoms in total. The summed E-state index contributed by atoms with van der Waals surface area (Å²) < 4.78 is 5.83. The Morgan fingerprint density at radius 1 is 0.833 bits per heavy atom. The summed E-state index contributed by atoms with van der Waals surface area (Å²) in [6, 6.07) is 22.1. The molecule has 2 aromatic heterocycles. The van der Waals surface area contributed by atoms with Crippen LogP contribution in [-0.4, -0.2) is 27.0 Å². The number of nitrogens with zero attached hydrogens (tertiary/aromatic N) is 3. The van der Waals surface area contributed by atoms with Gasteiger partial charge in [0.2, 0.25) is 17.7 Å². The molecule has 36 heavy (non-hydrogen) atoms. The zero-order valence-corrected chi connectivity index (χ0v) is 20.3. The molecule has 2 N–H and O–H groups in total. The molecule has 2 amide bonds. The molecule has 0 aliphatic carbocycles. The van der Waals surface area contributed by atoms with Gasteiger partial charge in [0.05, 0.1) is 5.69 Å². The molecule has 0 spiro atoms.